The summed E-state index contributed by atoms with van der Waals surface area (Å²) in [5.74, 6) is 1.13. The molecule has 0 spiro atoms. The molecular formula is C23H18FN5. The van der Waals surface area contributed by atoms with Crippen molar-refractivity contribution < 1.29 is 4.39 Å². The molecule has 2 aromatic carbocycles. The Bertz CT molecular complexity index is 1380. The molecular weight excluding hydrogens is 365 g/mol. The molecule has 0 unspecified atom stereocenters. The lowest BCUT2D eigenvalue weighted by atomic mass is 9.94. The maximum absolute atomic E-state index is 13.5. The van der Waals surface area contributed by atoms with Gasteiger partial charge >= 0.3 is 0 Å². The summed E-state index contributed by atoms with van der Waals surface area (Å²) >= 11 is 0. The van der Waals surface area contributed by atoms with Crippen LogP contribution in [0.5, 0.6) is 0 Å². The van der Waals surface area contributed by atoms with Crippen molar-refractivity contribution in [2.75, 3.05) is 0 Å². The number of nitrogens with one attached hydrogen (secondary N) is 1. The second-order valence-electron chi connectivity index (χ2n) is 7.75. The van der Waals surface area contributed by atoms with Crippen LogP contribution in [0.15, 0.2) is 54.9 Å². The van der Waals surface area contributed by atoms with Crippen LogP contribution in [-0.2, 0) is 0 Å². The normalized spacial score (nSPS) is 14.1. The highest BCUT2D eigenvalue weighted by Gasteiger charge is 2.29. The molecule has 0 bridgehead atoms. The Kier molecular flexibility index (Phi) is 3.38. The number of aromatic amines is 1. The number of benzene rings is 2. The van der Waals surface area contributed by atoms with Gasteiger partial charge in [-0.1, -0.05) is 12.1 Å². The van der Waals surface area contributed by atoms with Gasteiger partial charge in [-0.3, -0.25) is 5.10 Å². The summed E-state index contributed by atoms with van der Waals surface area (Å²) in [4.78, 5) is 4.91. The first-order valence-corrected chi connectivity index (χ1v) is 9.77. The first kappa shape index (κ1) is 16.4. The SMILES string of the molecule is Cc1cc(-c2c(-c3ccc(F)cc3)ccn3nc(C4CC4)nc23)cc2cn[nH]c12. The summed E-state index contributed by atoms with van der Waals surface area (Å²) < 4.78 is 15.4. The largest absolute Gasteiger partial charge is 0.278 e. The zero-order valence-corrected chi connectivity index (χ0v) is 15.9. The Morgan fingerprint density at radius 1 is 1.07 bits per heavy atom. The van der Waals surface area contributed by atoms with Gasteiger partial charge in [-0.2, -0.15) is 10.2 Å². The molecule has 1 saturated carbocycles. The summed E-state index contributed by atoms with van der Waals surface area (Å²) in [6, 6.07) is 12.9. The van der Waals surface area contributed by atoms with Crippen LogP contribution in [-0.4, -0.2) is 24.8 Å². The number of hydrogen-bond donors (Lipinski definition) is 1. The van der Waals surface area contributed by atoms with Crippen LogP contribution < -0.4 is 0 Å². The number of H-pyrrole nitrogens is 1. The fourth-order valence-corrected chi connectivity index (χ4v) is 4.01. The first-order chi connectivity index (χ1) is 14.2. The molecule has 1 N–H and O–H groups in total. The molecule has 1 fully saturated rings. The number of hydrogen-bond acceptors (Lipinski definition) is 3. The topological polar surface area (TPSA) is 58.9 Å². The van der Waals surface area contributed by atoms with Gasteiger partial charge in [0.1, 0.15) is 5.82 Å². The average molecular weight is 383 g/mol. The van der Waals surface area contributed by atoms with Gasteiger partial charge in [0.25, 0.3) is 0 Å². The first-order valence-electron chi connectivity index (χ1n) is 9.77. The summed E-state index contributed by atoms with van der Waals surface area (Å²) in [6.45, 7) is 2.07. The Morgan fingerprint density at radius 3 is 2.69 bits per heavy atom. The molecule has 5 aromatic rings. The predicted octanol–water partition coefficient (Wildman–Crippen LogP) is 5.26. The molecule has 3 heterocycles. The molecule has 0 atom stereocenters. The number of nitrogens with zero attached hydrogens (tertiary/aromatic N) is 4. The zero-order chi connectivity index (χ0) is 19.5. The molecule has 0 radical (unpaired) electrons. The Morgan fingerprint density at radius 2 is 1.90 bits per heavy atom. The van der Waals surface area contributed by atoms with E-state index in [-0.39, 0.29) is 5.82 Å². The lowest BCUT2D eigenvalue weighted by Gasteiger charge is -2.12. The number of rotatable bonds is 3. The third-order valence-electron chi connectivity index (χ3n) is 5.66. The molecule has 6 rings (SSSR count). The quantitative estimate of drug-likeness (QED) is 0.462. The smallest absolute Gasteiger partial charge is 0.164 e. The monoisotopic (exact) mass is 383 g/mol. The van der Waals surface area contributed by atoms with E-state index in [2.05, 4.69) is 29.3 Å². The third-order valence-corrected chi connectivity index (χ3v) is 5.66. The maximum atomic E-state index is 13.5. The van der Waals surface area contributed by atoms with Crippen LogP contribution in [0.2, 0.25) is 0 Å². The highest BCUT2D eigenvalue weighted by molar-refractivity contribution is 5.96. The van der Waals surface area contributed by atoms with Crippen LogP contribution in [0.1, 0.15) is 30.1 Å². The van der Waals surface area contributed by atoms with Crippen molar-refractivity contribution in [3.8, 4) is 22.3 Å². The summed E-state index contributed by atoms with van der Waals surface area (Å²) in [7, 11) is 0. The Hall–Kier alpha value is -3.54. The van der Waals surface area contributed by atoms with E-state index in [0.29, 0.717) is 5.92 Å². The standard InChI is InChI=1S/C23H18FN5/c1-13-10-16(11-17-12-25-27-21(13)17)20-19(14-4-6-18(24)7-5-14)8-9-29-23(20)26-22(28-29)15-2-3-15/h4-12,15H,2-3H2,1H3,(H,25,27). The van der Waals surface area contributed by atoms with Crippen molar-refractivity contribution in [2.24, 2.45) is 0 Å². The van der Waals surface area contributed by atoms with Crippen LogP contribution >= 0.6 is 0 Å². The molecule has 0 amide bonds. The minimum Gasteiger partial charge on any atom is -0.278 e. The van der Waals surface area contributed by atoms with E-state index in [9.17, 15) is 4.39 Å². The summed E-state index contributed by atoms with van der Waals surface area (Å²) in [6.07, 6.45) is 6.08. The van der Waals surface area contributed by atoms with Crippen LogP contribution in [0.25, 0.3) is 38.8 Å². The minimum absolute atomic E-state index is 0.245. The van der Waals surface area contributed by atoms with Gasteiger partial charge in [-0.25, -0.2) is 13.9 Å². The van der Waals surface area contributed by atoms with Gasteiger partial charge in [0, 0.05) is 23.1 Å². The van der Waals surface area contributed by atoms with E-state index in [1.165, 1.54) is 12.1 Å². The fraction of sp³-hybridized carbons (Fsp3) is 0.174. The number of halogens is 1. The van der Waals surface area contributed by atoms with Crippen molar-refractivity contribution in [1.82, 2.24) is 24.8 Å². The lowest BCUT2D eigenvalue weighted by molar-refractivity contribution is 0.628. The van der Waals surface area contributed by atoms with Crippen molar-refractivity contribution in [3.05, 3.63) is 72.1 Å². The van der Waals surface area contributed by atoms with Gasteiger partial charge in [0.2, 0.25) is 0 Å². The van der Waals surface area contributed by atoms with E-state index in [4.69, 9.17) is 10.1 Å². The van der Waals surface area contributed by atoms with Crippen LogP contribution in [0, 0.1) is 12.7 Å². The molecule has 1 aliphatic rings. The van der Waals surface area contributed by atoms with Gasteiger partial charge in [-0.05, 0) is 72.4 Å². The molecule has 5 nitrogen and oxygen atoms in total. The Balaban J connectivity index is 1.67. The molecule has 0 aliphatic heterocycles. The fourth-order valence-electron chi connectivity index (χ4n) is 4.01. The predicted molar refractivity (Wildman–Crippen MR) is 110 cm³/mol. The van der Waals surface area contributed by atoms with E-state index >= 15 is 0 Å². The zero-order valence-electron chi connectivity index (χ0n) is 15.9. The number of pyridine rings is 1. The van der Waals surface area contributed by atoms with Crippen LogP contribution in [0.3, 0.4) is 0 Å². The van der Waals surface area contributed by atoms with Crippen molar-refractivity contribution in [3.63, 3.8) is 0 Å². The molecule has 1 aliphatic carbocycles. The van der Waals surface area contributed by atoms with Gasteiger partial charge in [0.05, 0.1) is 11.7 Å². The molecule has 0 saturated heterocycles. The van der Waals surface area contributed by atoms with Gasteiger partial charge < -0.3 is 0 Å². The minimum atomic E-state index is -0.245. The van der Waals surface area contributed by atoms with Crippen LogP contribution in [0.4, 0.5) is 4.39 Å². The number of aromatic nitrogens is 5. The van der Waals surface area contributed by atoms with E-state index in [0.717, 1.165) is 63.0 Å². The average Bonchev–Trinajstić information content (AvgIpc) is 3.30. The van der Waals surface area contributed by atoms with Gasteiger partial charge in [-0.15, -0.1) is 0 Å². The Labute approximate surface area is 166 Å². The third kappa shape index (κ3) is 2.63. The lowest BCUT2D eigenvalue weighted by Crippen LogP contribution is -1.95. The second-order valence-corrected chi connectivity index (χ2v) is 7.75. The summed E-state index contributed by atoms with van der Waals surface area (Å²) in [5, 5.41) is 13.0. The maximum Gasteiger partial charge on any atom is 0.164 e. The van der Waals surface area contributed by atoms with Crippen molar-refractivity contribution >= 4 is 16.6 Å². The molecule has 29 heavy (non-hydrogen) atoms. The molecule has 142 valence electrons. The van der Waals surface area contributed by atoms with E-state index in [1.54, 1.807) is 0 Å². The van der Waals surface area contributed by atoms with Gasteiger partial charge in [0.15, 0.2) is 11.5 Å². The van der Waals surface area contributed by atoms with Crippen molar-refractivity contribution in [2.45, 2.75) is 25.7 Å². The van der Waals surface area contributed by atoms with Crippen molar-refractivity contribution in [1.29, 1.82) is 0 Å². The molecule has 6 heteroatoms. The number of aryl methyl sites for hydroxylation is 1. The van der Waals surface area contributed by atoms with E-state index in [1.807, 2.05) is 35.1 Å². The summed E-state index contributed by atoms with van der Waals surface area (Å²) in [5.41, 5.74) is 6.99. The highest BCUT2D eigenvalue weighted by Crippen LogP contribution is 2.41. The van der Waals surface area contributed by atoms with E-state index < -0.39 is 0 Å². The number of fused-ring (bicyclic) bond motifs is 2. The highest BCUT2D eigenvalue weighted by atomic mass is 19.1. The second kappa shape index (κ2) is 5.98. The molecule has 3 aromatic heterocycles.